The molecular weight excluding hydrogens is 240 g/mol. The normalized spacial score (nSPS) is 17.5. The molecule has 0 radical (unpaired) electrons. The van der Waals surface area contributed by atoms with Crippen LogP contribution in [0.15, 0.2) is 0 Å². The lowest BCUT2D eigenvalue weighted by Crippen LogP contribution is -2.38. The number of esters is 1. The van der Waals surface area contributed by atoms with Crippen molar-refractivity contribution in [3.63, 3.8) is 0 Å². The molecule has 1 saturated heterocycles. The molecule has 17 heavy (non-hydrogen) atoms. The van der Waals surface area contributed by atoms with Gasteiger partial charge in [0.15, 0.2) is 0 Å². The van der Waals surface area contributed by atoms with Crippen LogP contribution in [0.5, 0.6) is 0 Å². The largest absolute Gasteiger partial charge is 0.469 e. The Morgan fingerprint density at radius 1 is 1.41 bits per heavy atom. The van der Waals surface area contributed by atoms with Gasteiger partial charge in [-0.3, -0.25) is 4.79 Å². The SMILES string of the molecule is CCNCC1CCN(CCC(=O)OC)CC1.Cl. The molecule has 0 bridgehead atoms. The first-order valence-corrected chi connectivity index (χ1v) is 6.26. The van der Waals surface area contributed by atoms with Gasteiger partial charge in [-0.1, -0.05) is 6.92 Å². The van der Waals surface area contributed by atoms with Gasteiger partial charge in [-0.2, -0.15) is 0 Å². The van der Waals surface area contributed by atoms with E-state index in [1.807, 2.05) is 0 Å². The third-order valence-electron chi connectivity index (χ3n) is 3.25. The first-order valence-electron chi connectivity index (χ1n) is 6.26. The Hall–Kier alpha value is -0.320. The van der Waals surface area contributed by atoms with Gasteiger partial charge >= 0.3 is 5.97 Å². The van der Waals surface area contributed by atoms with Crippen molar-refractivity contribution in [3.05, 3.63) is 0 Å². The summed E-state index contributed by atoms with van der Waals surface area (Å²) in [5, 5.41) is 3.40. The number of carbonyl (C=O) groups excluding carboxylic acids is 1. The second kappa shape index (κ2) is 9.68. The number of methoxy groups -OCH3 is 1. The highest BCUT2D eigenvalue weighted by Gasteiger charge is 2.18. The minimum Gasteiger partial charge on any atom is -0.469 e. The second-order valence-corrected chi connectivity index (χ2v) is 4.42. The van der Waals surface area contributed by atoms with Gasteiger partial charge in [0.1, 0.15) is 0 Å². The van der Waals surface area contributed by atoms with Gasteiger partial charge in [0, 0.05) is 6.54 Å². The number of carbonyl (C=O) groups is 1. The number of hydrogen-bond donors (Lipinski definition) is 1. The van der Waals surface area contributed by atoms with Crippen molar-refractivity contribution in [1.82, 2.24) is 10.2 Å². The molecule has 4 nitrogen and oxygen atoms in total. The van der Waals surface area contributed by atoms with Crippen LogP contribution in [0.4, 0.5) is 0 Å². The lowest BCUT2D eigenvalue weighted by atomic mass is 9.97. The zero-order valence-electron chi connectivity index (χ0n) is 10.9. The molecule has 0 atom stereocenters. The molecule has 0 aliphatic carbocycles. The first kappa shape index (κ1) is 16.7. The summed E-state index contributed by atoms with van der Waals surface area (Å²) in [6.45, 7) is 7.43. The maximum Gasteiger partial charge on any atom is 0.306 e. The van der Waals surface area contributed by atoms with Crippen molar-refractivity contribution in [2.45, 2.75) is 26.2 Å². The van der Waals surface area contributed by atoms with Gasteiger partial charge in [-0.25, -0.2) is 0 Å². The van der Waals surface area contributed by atoms with Crippen molar-refractivity contribution < 1.29 is 9.53 Å². The molecule has 0 spiro atoms. The van der Waals surface area contributed by atoms with Crippen LogP contribution in [0.1, 0.15) is 26.2 Å². The molecular formula is C12H25ClN2O2. The molecule has 0 aromatic heterocycles. The fourth-order valence-electron chi connectivity index (χ4n) is 2.11. The highest BCUT2D eigenvalue weighted by molar-refractivity contribution is 5.85. The van der Waals surface area contributed by atoms with E-state index in [0.717, 1.165) is 38.6 Å². The van der Waals surface area contributed by atoms with E-state index < -0.39 is 0 Å². The van der Waals surface area contributed by atoms with E-state index in [2.05, 4.69) is 21.9 Å². The molecule has 5 heteroatoms. The molecule has 1 aliphatic heterocycles. The summed E-state index contributed by atoms with van der Waals surface area (Å²) in [5.74, 6) is 0.712. The number of nitrogens with one attached hydrogen (secondary N) is 1. The number of rotatable bonds is 6. The van der Waals surface area contributed by atoms with Crippen LogP contribution < -0.4 is 5.32 Å². The molecule has 0 amide bonds. The van der Waals surface area contributed by atoms with E-state index in [1.54, 1.807) is 0 Å². The molecule has 1 rings (SSSR count). The minimum absolute atomic E-state index is 0. The van der Waals surface area contributed by atoms with Crippen molar-refractivity contribution in [3.8, 4) is 0 Å². The molecule has 0 saturated carbocycles. The van der Waals surface area contributed by atoms with Crippen molar-refractivity contribution in [2.75, 3.05) is 39.8 Å². The van der Waals surface area contributed by atoms with Crippen molar-refractivity contribution in [1.29, 1.82) is 0 Å². The summed E-state index contributed by atoms with van der Waals surface area (Å²) in [4.78, 5) is 13.4. The Kier molecular flexibility index (Phi) is 9.50. The van der Waals surface area contributed by atoms with Gasteiger partial charge in [0.25, 0.3) is 0 Å². The van der Waals surface area contributed by atoms with E-state index >= 15 is 0 Å². The number of ether oxygens (including phenoxy) is 1. The lowest BCUT2D eigenvalue weighted by Gasteiger charge is -2.31. The topological polar surface area (TPSA) is 41.6 Å². The molecule has 1 heterocycles. The Morgan fingerprint density at radius 2 is 2.06 bits per heavy atom. The smallest absolute Gasteiger partial charge is 0.306 e. The average Bonchev–Trinajstić information content (AvgIpc) is 2.34. The fourth-order valence-corrected chi connectivity index (χ4v) is 2.11. The maximum atomic E-state index is 11.0. The Labute approximate surface area is 110 Å². The predicted molar refractivity (Wildman–Crippen MR) is 71.6 cm³/mol. The van der Waals surface area contributed by atoms with Gasteiger partial charge in [-0.05, 0) is 44.9 Å². The molecule has 0 unspecified atom stereocenters. The van der Waals surface area contributed by atoms with Crippen molar-refractivity contribution >= 4 is 18.4 Å². The Balaban J connectivity index is 0.00000256. The van der Waals surface area contributed by atoms with Crippen LogP contribution in [0.25, 0.3) is 0 Å². The number of hydrogen-bond acceptors (Lipinski definition) is 4. The summed E-state index contributed by atoms with van der Waals surface area (Å²) >= 11 is 0. The van der Waals surface area contributed by atoms with Gasteiger partial charge in [0.2, 0.25) is 0 Å². The zero-order valence-corrected chi connectivity index (χ0v) is 11.7. The van der Waals surface area contributed by atoms with Crippen LogP contribution in [0.3, 0.4) is 0 Å². The molecule has 0 aromatic rings. The second-order valence-electron chi connectivity index (χ2n) is 4.42. The minimum atomic E-state index is -0.102. The van der Waals surface area contributed by atoms with E-state index in [4.69, 9.17) is 0 Å². The molecule has 0 aromatic carbocycles. The monoisotopic (exact) mass is 264 g/mol. The molecule has 1 aliphatic rings. The number of nitrogens with zero attached hydrogens (tertiary/aromatic N) is 1. The third kappa shape index (κ3) is 6.86. The summed E-state index contributed by atoms with van der Waals surface area (Å²) < 4.78 is 4.64. The maximum absolute atomic E-state index is 11.0. The summed E-state index contributed by atoms with van der Waals surface area (Å²) in [6.07, 6.45) is 3.01. The zero-order chi connectivity index (χ0) is 11.8. The first-order chi connectivity index (χ1) is 7.76. The highest BCUT2D eigenvalue weighted by Crippen LogP contribution is 2.16. The highest BCUT2D eigenvalue weighted by atomic mass is 35.5. The van der Waals surface area contributed by atoms with Crippen molar-refractivity contribution in [2.24, 2.45) is 5.92 Å². The van der Waals surface area contributed by atoms with E-state index in [9.17, 15) is 4.79 Å². The van der Waals surface area contributed by atoms with Crippen LogP contribution >= 0.6 is 12.4 Å². The molecule has 1 fully saturated rings. The third-order valence-corrected chi connectivity index (χ3v) is 3.25. The van der Waals surface area contributed by atoms with Crippen LogP contribution in [0, 0.1) is 5.92 Å². The van der Waals surface area contributed by atoms with Crippen LogP contribution in [0.2, 0.25) is 0 Å². The van der Waals surface area contributed by atoms with Gasteiger partial charge < -0.3 is 15.0 Å². The average molecular weight is 265 g/mol. The summed E-state index contributed by atoms with van der Waals surface area (Å²) in [5.41, 5.74) is 0. The number of halogens is 1. The quantitative estimate of drug-likeness (QED) is 0.734. The Morgan fingerprint density at radius 3 is 2.59 bits per heavy atom. The lowest BCUT2D eigenvalue weighted by molar-refractivity contribution is -0.141. The van der Waals surface area contributed by atoms with Gasteiger partial charge in [-0.15, -0.1) is 12.4 Å². The Bertz CT molecular complexity index is 207. The summed E-state index contributed by atoms with van der Waals surface area (Å²) in [7, 11) is 1.45. The predicted octanol–water partition coefficient (Wildman–Crippen LogP) is 1.29. The number of likely N-dealkylation sites (tertiary alicyclic amines) is 1. The van der Waals surface area contributed by atoms with Crippen LogP contribution in [-0.2, 0) is 9.53 Å². The van der Waals surface area contributed by atoms with Gasteiger partial charge in [0.05, 0.1) is 13.5 Å². The standard InChI is InChI=1S/C12H24N2O2.ClH/c1-3-13-10-11-4-7-14(8-5-11)9-6-12(15)16-2;/h11,13H,3-10H2,1-2H3;1H. The van der Waals surface area contributed by atoms with E-state index in [-0.39, 0.29) is 18.4 Å². The molecule has 102 valence electrons. The van der Waals surface area contributed by atoms with E-state index in [1.165, 1.54) is 20.0 Å². The van der Waals surface area contributed by atoms with E-state index in [0.29, 0.717) is 6.42 Å². The number of piperidine rings is 1. The summed E-state index contributed by atoms with van der Waals surface area (Å²) in [6, 6.07) is 0. The molecule has 1 N–H and O–H groups in total. The van der Waals surface area contributed by atoms with Crippen LogP contribution in [-0.4, -0.2) is 50.7 Å². The fraction of sp³-hybridized carbons (Fsp3) is 0.917.